The van der Waals surface area contributed by atoms with Crippen LogP contribution in [0.5, 0.6) is 0 Å². The molecule has 2 aromatic rings. The lowest BCUT2D eigenvalue weighted by Crippen LogP contribution is -2.35. The highest BCUT2D eigenvalue weighted by atomic mass is 32.2. The van der Waals surface area contributed by atoms with Crippen LogP contribution in [-0.4, -0.2) is 34.6 Å². The maximum Gasteiger partial charge on any atom is 0.252 e. The lowest BCUT2D eigenvalue weighted by Gasteiger charge is -2.13. The van der Waals surface area contributed by atoms with Gasteiger partial charge in [-0.25, -0.2) is 4.98 Å². The molecule has 0 saturated heterocycles. The maximum absolute atomic E-state index is 12.6. The molecule has 1 aromatic heterocycles. The van der Waals surface area contributed by atoms with Crippen LogP contribution in [0, 0.1) is 5.92 Å². The largest absolute Gasteiger partial charge is 0.353 e. The minimum Gasteiger partial charge on any atom is -0.353 e. The molecule has 1 aromatic carbocycles. The molecule has 0 aliphatic heterocycles. The number of benzene rings is 1. The van der Waals surface area contributed by atoms with E-state index in [0.717, 1.165) is 23.7 Å². The first kappa shape index (κ1) is 17.3. The van der Waals surface area contributed by atoms with Crippen LogP contribution in [-0.2, 0) is 4.79 Å². The molecule has 0 unspecified atom stereocenters. The summed E-state index contributed by atoms with van der Waals surface area (Å²) < 4.78 is 0. The molecule has 1 atom stereocenters. The van der Waals surface area contributed by atoms with Crippen molar-refractivity contribution in [2.45, 2.75) is 49.7 Å². The molecule has 4 rings (SSSR count). The van der Waals surface area contributed by atoms with Gasteiger partial charge in [0.25, 0.3) is 5.91 Å². The summed E-state index contributed by atoms with van der Waals surface area (Å²) in [6.07, 6.45) is 4.52. The van der Waals surface area contributed by atoms with Crippen LogP contribution in [0.1, 0.15) is 43.0 Å². The summed E-state index contributed by atoms with van der Waals surface area (Å²) in [4.78, 5) is 29.4. The molecule has 0 bridgehead atoms. The molecule has 2 aliphatic carbocycles. The van der Waals surface area contributed by atoms with Crippen LogP contribution < -0.4 is 10.6 Å². The summed E-state index contributed by atoms with van der Waals surface area (Å²) in [5.74, 6) is 0.917. The SMILES string of the molecule is C[C@@H](NC(=O)CSc1cc(C(=O)NC2CC2)c2ccccc2n1)C1CC1. The van der Waals surface area contributed by atoms with Crippen molar-refractivity contribution in [1.82, 2.24) is 15.6 Å². The second kappa shape index (κ2) is 7.27. The van der Waals surface area contributed by atoms with Gasteiger partial charge in [-0.1, -0.05) is 30.0 Å². The molecule has 2 fully saturated rings. The third-order valence-electron chi connectivity index (χ3n) is 4.92. The second-order valence-corrected chi connectivity index (χ2v) is 8.25. The second-order valence-electron chi connectivity index (χ2n) is 7.26. The number of fused-ring (bicyclic) bond motifs is 1. The van der Waals surface area contributed by atoms with Gasteiger partial charge in [-0.15, -0.1) is 0 Å². The van der Waals surface area contributed by atoms with Gasteiger partial charge in [-0.3, -0.25) is 9.59 Å². The van der Waals surface area contributed by atoms with Crippen LogP contribution in [0.4, 0.5) is 0 Å². The Hall–Kier alpha value is -2.08. The fourth-order valence-corrected chi connectivity index (χ4v) is 3.78. The topological polar surface area (TPSA) is 71.1 Å². The number of aromatic nitrogens is 1. The Labute approximate surface area is 157 Å². The Morgan fingerprint density at radius 2 is 2.00 bits per heavy atom. The number of hydrogen-bond acceptors (Lipinski definition) is 4. The lowest BCUT2D eigenvalue weighted by molar-refractivity contribution is -0.119. The van der Waals surface area contributed by atoms with E-state index in [1.807, 2.05) is 30.3 Å². The first-order valence-electron chi connectivity index (χ1n) is 9.23. The van der Waals surface area contributed by atoms with E-state index in [1.165, 1.54) is 24.6 Å². The summed E-state index contributed by atoms with van der Waals surface area (Å²) in [7, 11) is 0. The molecule has 1 heterocycles. The Kier molecular flexibility index (Phi) is 4.85. The molecule has 26 heavy (non-hydrogen) atoms. The van der Waals surface area contributed by atoms with Crippen LogP contribution in [0.3, 0.4) is 0 Å². The number of carbonyl (C=O) groups is 2. The van der Waals surface area contributed by atoms with Crippen molar-refractivity contribution in [2.75, 3.05) is 5.75 Å². The zero-order valence-corrected chi connectivity index (χ0v) is 15.6. The quantitative estimate of drug-likeness (QED) is 0.736. The Bertz CT molecular complexity index is 846. The van der Waals surface area contributed by atoms with E-state index >= 15 is 0 Å². The van der Waals surface area contributed by atoms with Gasteiger partial charge in [0.05, 0.1) is 21.9 Å². The van der Waals surface area contributed by atoms with Crippen LogP contribution in [0.15, 0.2) is 35.4 Å². The van der Waals surface area contributed by atoms with Crippen molar-refractivity contribution < 1.29 is 9.59 Å². The minimum atomic E-state index is -0.0558. The van der Waals surface area contributed by atoms with Crippen LogP contribution >= 0.6 is 11.8 Å². The Morgan fingerprint density at radius 3 is 2.73 bits per heavy atom. The predicted molar refractivity (Wildman–Crippen MR) is 103 cm³/mol. The van der Waals surface area contributed by atoms with Gasteiger partial charge in [0.2, 0.25) is 5.91 Å². The third-order valence-corrected chi connectivity index (χ3v) is 5.83. The predicted octanol–water partition coefficient (Wildman–Crippen LogP) is 3.13. The Balaban J connectivity index is 1.49. The van der Waals surface area contributed by atoms with E-state index in [4.69, 9.17) is 0 Å². The molecular weight excluding hydrogens is 346 g/mol. The van der Waals surface area contributed by atoms with Gasteiger partial charge in [-0.05, 0) is 50.7 Å². The van der Waals surface area contributed by atoms with Crippen molar-refractivity contribution in [3.63, 3.8) is 0 Å². The minimum absolute atomic E-state index is 0.0216. The lowest BCUT2D eigenvalue weighted by atomic mass is 10.1. The van der Waals surface area contributed by atoms with Crippen molar-refractivity contribution >= 4 is 34.5 Å². The van der Waals surface area contributed by atoms with Gasteiger partial charge in [-0.2, -0.15) is 0 Å². The highest BCUT2D eigenvalue weighted by Gasteiger charge is 2.29. The number of amides is 2. The molecule has 136 valence electrons. The van der Waals surface area contributed by atoms with Gasteiger partial charge in [0.1, 0.15) is 0 Å². The first-order chi connectivity index (χ1) is 12.6. The van der Waals surface area contributed by atoms with Crippen LogP contribution in [0.2, 0.25) is 0 Å². The number of nitrogens with zero attached hydrogens (tertiary/aromatic N) is 1. The monoisotopic (exact) mass is 369 g/mol. The molecule has 2 aliphatic rings. The molecule has 0 radical (unpaired) electrons. The number of pyridine rings is 1. The maximum atomic E-state index is 12.6. The smallest absolute Gasteiger partial charge is 0.252 e. The third kappa shape index (κ3) is 4.18. The normalized spacial score (nSPS) is 17.7. The summed E-state index contributed by atoms with van der Waals surface area (Å²) in [6, 6.07) is 10.0. The number of para-hydroxylation sites is 1. The van der Waals surface area contributed by atoms with Crippen molar-refractivity contribution in [3.8, 4) is 0 Å². The average molecular weight is 369 g/mol. The van der Waals surface area contributed by atoms with Crippen molar-refractivity contribution in [1.29, 1.82) is 0 Å². The number of carbonyl (C=O) groups excluding carboxylic acids is 2. The van der Waals surface area contributed by atoms with E-state index in [-0.39, 0.29) is 17.9 Å². The molecular formula is C20H23N3O2S. The van der Waals surface area contributed by atoms with Crippen molar-refractivity contribution in [2.24, 2.45) is 5.92 Å². The average Bonchev–Trinajstić information content (AvgIpc) is 3.52. The number of thioether (sulfide) groups is 1. The summed E-state index contributed by atoms with van der Waals surface area (Å²) in [5.41, 5.74) is 1.42. The van der Waals surface area contributed by atoms with E-state index in [0.29, 0.717) is 28.3 Å². The molecule has 2 saturated carbocycles. The summed E-state index contributed by atoms with van der Waals surface area (Å²) in [6.45, 7) is 2.06. The molecule has 2 N–H and O–H groups in total. The number of hydrogen-bond donors (Lipinski definition) is 2. The van der Waals surface area contributed by atoms with Crippen LogP contribution in [0.25, 0.3) is 10.9 Å². The summed E-state index contributed by atoms with van der Waals surface area (Å²) >= 11 is 1.38. The van der Waals surface area contributed by atoms with Crippen molar-refractivity contribution in [3.05, 3.63) is 35.9 Å². The zero-order valence-electron chi connectivity index (χ0n) is 14.8. The molecule has 5 nitrogen and oxygen atoms in total. The van der Waals surface area contributed by atoms with E-state index in [2.05, 4.69) is 22.5 Å². The summed E-state index contributed by atoms with van der Waals surface area (Å²) in [5, 5.41) is 7.65. The molecule has 6 heteroatoms. The Morgan fingerprint density at radius 1 is 1.23 bits per heavy atom. The number of rotatable bonds is 7. The van der Waals surface area contributed by atoms with Gasteiger partial charge in [0.15, 0.2) is 0 Å². The zero-order chi connectivity index (χ0) is 18.1. The van der Waals surface area contributed by atoms with E-state index in [9.17, 15) is 9.59 Å². The van der Waals surface area contributed by atoms with Gasteiger partial charge < -0.3 is 10.6 Å². The van der Waals surface area contributed by atoms with Gasteiger partial charge in [0, 0.05) is 17.5 Å². The van der Waals surface area contributed by atoms with Gasteiger partial charge >= 0.3 is 0 Å². The molecule has 2 amide bonds. The standard InChI is InChI=1S/C20H23N3O2S/c1-12(13-6-7-13)21-18(24)11-26-19-10-16(20(25)22-14-8-9-14)15-4-2-3-5-17(15)23-19/h2-5,10,12-14H,6-9,11H2,1H3,(H,21,24)(H,22,25)/t12-/m1/s1. The number of nitrogens with one attached hydrogen (secondary N) is 2. The first-order valence-corrected chi connectivity index (χ1v) is 10.2. The fourth-order valence-electron chi connectivity index (χ4n) is 3.05. The van der Waals surface area contributed by atoms with E-state index < -0.39 is 0 Å². The highest BCUT2D eigenvalue weighted by molar-refractivity contribution is 7.99. The highest BCUT2D eigenvalue weighted by Crippen LogP contribution is 2.32. The fraction of sp³-hybridized carbons (Fsp3) is 0.450. The molecule has 0 spiro atoms. The van der Waals surface area contributed by atoms with E-state index in [1.54, 1.807) is 0 Å².